The van der Waals surface area contributed by atoms with E-state index in [9.17, 15) is 19.2 Å². The Morgan fingerprint density at radius 2 is 1.70 bits per heavy atom. The van der Waals surface area contributed by atoms with Crippen LogP contribution in [0.15, 0.2) is 66.9 Å². The predicted molar refractivity (Wildman–Crippen MR) is 182 cm³/mol. The van der Waals surface area contributed by atoms with E-state index in [4.69, 9.17) is 0 Å². The molecule has 47 heavy (non-hydrogen) atoms. The topological polar surface area (TPSA) is 125 Å². The van der Waals surface area contributed by atoms with Crippen molar-refractivity contribution in [2.45, 2.75) is 76.8 Å². The normalized spacial score (nSPS) is 18.3. The number of nitrogens with zero attached hydrogens (tertiary/aromatic N) is 3. The van der Waals surface area contributed by atoms with Gasteiger partial charge in [-0.2, -0.15) is 5.10 Å². The van der Waals surface area contributed by atoms with Crippen LogP contribution in [0.3, 0.4) is 0 Å². The third kappa shape index (κ3) is 9.38. The van der Waals surface area contributed by atoms with Crippen LogP contribution in [0.2, 0.25) is 0 Å². The number of ketones is 1. The van der Waals surface area contributed by atoms with Crippen molar-refractivity contribution in [3.63, 3.8) is 0 Å². The maximum absolute atomic E-state index is 13.8. The van der Waals surface area contributed by atoms with Gasteiger partial charge in [-0.1, -0.05) is 68.7 Å². The first-order chi connectivity index (χ1) is 22.8. The fourth-order valence-corrected chi connectivity index (χ4v) is 6.93. The van der Waals surface area contributed by atoms with E-state index in [1.807, 2.05) is 47.4 Å². The minimum Gasteiger partial charge on any atom is -0.344 e. The SMILES string of the molecule is CCC(=O)NC(Cc1ccc(NC(=O)[C@@H](CC(=O)c2ccnn2C)C2CCCCC2)cc1)C(=O)N1CCN[C@@H](Cc2ccccc2)C1. The number of aromatic nitrogens is 2. The number of amides is 3. The Balaban J connectivity index is 1.23. The van der Waals surface area contributed by atoms with E-state index < -0.39 is 12.0 Å². The molecule has 3 aromatic rings. The van der Waals surface area contributed by atoms with E-state index in [1.165, 1.54) is 5.56 Å². The number of rotatable bonds is 13. The molecule has 2 aliphatic rings. The first-order valence-corrected chi connectivity index (χ1v) is 17.1. The molecule has 0 bridgehead atoms. The van der Waals surface area contributed by atoms with Gasteiger partial charge in [-0.25, -0.2) is 0 Å². The van der Waals surface area contributed by atoms with Crippen molar-refractivity contribution >= 4 is 29.2 Å². The van der Waals surface area contributed by atoms with Crippen molar-refractivity contribution in [3.8, 4) is 0 Å². The summed E-state index contributed by atoms with van der Waals surface area (Å²) in [6, 6.07) is 18.8. The van der Waals surface area contributed by atoms with Gasteiger partial charge < -0.3 is 20.9 Å². The maximum atomic E-state index is 13.8. The molecule has 1 saturated heterocycles. The molecule has 1 aromatic heterocycles. The predicted octanol–water partition coefficient (Wildman–Crippen LogP) is 4.31. The van der Waals surface area contributed by atoms with E-state index in [2.05, 4.69) is 33.2 Å². The Bertz CT molecular complexity index is 1500. The van der Waals surface area contributed by atoms with Crippen LogP contribution in [-0.2, 0) is 34.3 Å². The molecule has 250 valence electrons. The van der Waals surface area contributed by atoms with Crippen molar-refractivity contribution < 1.29 is 19.2 Å². The minimum atomic E-state index is -0.688. The molecule has 1 saturated carbocycles. The van der Waals surface area contributed by atoms with Crippen LogP contribution in [0.1, 0.15) is 73.5 Å². The van der Waals surface area contributed by atoms with Gasteiger partial charge in [0.1, 0.15) is 11.7 Å². The zero-order valence-corrected chi connectivity index (χ0v) is 27.6. The number of aryl methyl sites for hydroxylation is 1. The van der Waals surface area contributed by atoms with Gasteiger partial charge in [0, 0.05) is 69.8 Å². The van der Waals surface area contributed by atoms with Gasteiger partial charge in [0.2, 0.25) is 17.7 Å². The molecule has 2 aromatic carbocycles. The molecule has 3 N–H and O–H groups in total. The van der Waals surface area contributed by atoms with Crippen LogP contribution in [0.25, 0.3) is 0 Å². The van der Waals surface area contributed by atoms with Crippen molar-refractivity contribution in [1.29, 1.82) is 0 Å². The van der Waals surface area contributed by atoms with E-state index in [-0.39, 0.29) is 48.3 Å². The Kier molecular flexibility index (Phi) is 11.9. The summed E-state index contributed by atoms with van der Waals surface area (Å²) in [5.41, 5.74) is 3.24. The molecule has 10 heteroatoms. The second-order valence-electron chi connectivity index (χ2n) is 13.0. The largest absolute Gasteiger partial charge is 0.344 e. The fourth-order valence-electron chi connectivity index (χ4n) is 6.93. The molecule has 5 rings (SSSR count). The first-order valence-electron chi connectivity index (χ1n) is 17.1. The quantitative estimate of drug-likeness (QED) is 0.239. The zero-order valence-electron chi connectivity index (χ0n) is 27.6. The summed E-state index contributed by atoms with van der Waals surface area (Å²) in [4.78, 5) is 54.9. The lowest BCUT2D eigenvalue weighted by Crippen LogP contribution is -2.58. The zero-order chi connectivity index (χ0) is 33.2. The summed E-state index contributed by atoms with van der Waals surface area (Å²) in [5.74, 6) is -0.742. The average molecular weight is 641 g/mol. The lowest BCUT2D eigenvalue weighted by Gasteiger charge is -2.36. The third-order valence-electron chi connectivity index (χ3n) is 9.58. The van der Waals surface area contributed by atoms with E-state index in [0.29, 0.717) is 37.4 Å². The van der Waals surface area contributed by atoms with Gasteiger partial charge in [0.15, 0.2) is 5.78 Å². The monoisotopic (exact) mass is 640 g/mol. The molecule has 10 nitrogen and oxygen atoms in total. The summed E-state index contributed by atoms with van der Waals surface area (Å²) >= 11 is 0. The van der Waals surface area contributed by atoms with Crippen molar-refractivity contribution in [2.24, 2.45) is 18.9 Å². The number of hydrogen-bond acceptors (Lipinski definition) is 6. The fraction of sp³-hybridized carbons (Fsp3) is 0.486. The van der Waals surface area contributed by atoms with Crippen molar-refractivity contribution in [1.82, 2.24) is 25.3 Å². The number of piperazine rings is 1. The second kappa shape index (κ2) is 16.5. The minimum absolute atomic E-state index is 0.0771. The maximum Gasteiger partial charge on any atom is 0.245 e. The summed E-state index contributed by atoms with van der Waals surface area (Å²) in [6.07, 6.45) is 8.38. The van der Waals surface area contributed by atoms with Crippen molar-refractivity contribution in [3.05, 3.63) is 83.7 Å². The van der Waals surface area contributed by atoms with Gasteiger partial charge >= 0.3 is 0 Å². The Morgan fingerprint density at radius 3 is 2.38 bits per heavy atom. The Labute approximate surface area is 277 Å². The summed E-state index contributed by atoms with van der Waals surface area (Å²) in [6.45, 7) is 3.63. The summed E-state index contributed by atoms with van der Waals surface area (Å²) in [5, 5.41) is 13.7. The molecule has 2 fully saturated rings. The molecule has 0 spiro atoms. The smallest absolute Gasteiger partial charge is 0.245 e. The molecule has 0 radical (unpaired) electrons. The van der Waals surface area contributed by atoms with Crippen LogP contribution in [0.5, 0.6) is 0 Å². The molecule has 3 amide bonds. The highest BCUT2D eigenvalue weighted by Crippen LogP contribution is 2.33. The number of benzene rings is 2. The number of anilines is 1. The molecule has 1 unspecified atom stereocenters. The highest BCUT2D eigenvalue weighted by atomic mass is 16.2. The summed E-state index contributed by atoms with van der Waals surface area (Å²) < 4.78 is 1.56. The molecular formula is C37H48N6O4. The third-order valence-corrected chi connectivity index (χ3v) is 9.58. The van der Waals surface area contributed by atoms with E-state index >= 15 is 0 Å². The van der Waals surface area contributed by atoms with E-state index in [0.717, 1.165) is 44.1 Å². The molecular weight excluding hydrogens is 592 g/mol. The molecule has 1 aliphatic heterocycles. The standard InChI is InChI=1S/C37H48N6O4/c1-3-35(45)41-32(37(47)43-21-20-38-30(25-43)22-26-10-6-4-7-11-26)23-27-14-16-29(17-15-27)40-36(46)31(28-12-8-5-9-13-28)24-34(44)33-18-19-39-42(33)2/h4,6-7,10-11,14-19,28,30-32,38H,3,5,8-9,12-13,20-25H2,1-2H3,(H,40,46)(H,41,45)/t30-,31-,32?/m0/s1. The van der Waals surface area contributed by atoms with Crippen molar-refractivity contribution in [2.75, 3.05) is 25.0 Å². The average Bonchev–Trinajstić information content (AvgIpc) is 3.54. The van der Waals surface area contributed by atoms with Crippen LogP contribution < -0.4 is 16.0 Å². The number of carbonyl (C=O) groups is 4. The van der Waals surface area contributed by atoms with Gasteiger partial charge in [0.25, 0.3) is 0 Å². The highest BCUT2D eigenvalue weighted by Gasteiger charge is 2.33. The van der Waals surface area contributed by atoms with Crippen LogP contribution >= 0.6 is 0 Å². The molecule has 2 heterocycles. The molecule has 3 atom stereocenters. The second-order valence-corrected chi connectivity index (χ2v) is 13.0. The van der Waals surface area contributed by atoms with Gasteiger partial charge in [0.05, 0.1) is 0 Å². The number of hydrogen-bond donors (Lipinski definition) is 3. The lowest BCUT2D eigenvalue weighted by atomic mass is 9.77. The number of nitrogens with one attached hydrogen (secondary N) is 3. The van der Waals surface area contributed by atoms with E-state index in [1.54, 1.807) is 30.9 Å². The van der Waals surface area contributed by atoms with Crippen LogP contribution in [0, 0.1) is 11.8 Å². The lowest BCUT2D eigenvalue weighted by molar-refractivity contribution is -0.137. The highest BCUT2D eigenvalue weighted by molar-refractivity contribution is 6.00. The Hall–Kier alpha value is -4.31. The first kappa shape index (κ1) is 34.0. The summed E-state index contributed by atoms with van der Waals surface area (Å²) in [7, 11) is 1.74. The van der Waals surface area contributed by atoms with Crippen LogP contribution in [0.4, 0.5) is 5.69 Å². The number of carbonyl (C=O) groups excluding carboxylic acids is 4. The van der Waals surface area contributed by atoms with Gasteiger partial charge in [-0.05, 0) is 54.5 Å². The van der Waals surface area contributed by atoms with Gasteiger partial charge in [-0.3, -0.25) is 23.9 Å². The van der Waals surface area contributed by atoms with Gasteiger partial charge in [-0.15, -0.1) is 0 Å². The number of Topliss-reactive ketones (excluding diaryl/α,β-unsaturated/α-hetero) is 1. The molecule has 1 aliphatic carbocycles. The van der Waals surface area contributed by atoms with Crippen LogP contribution in [-0.4, -0.2) is 69.9 Å². The Morgan fingerprint density at radius 1 is 0.957 bits per heavy atom.